The van der Waals surface area contributed by atoms with Crippen molar-refractivity contribution in [2.75, 3.05) is 15.8 Å². The number of para-hydroxylation sites is 1. The minimum atomic E-state index is -3.39. The molecule has 2 rings (SSSR count). The van der Waals surface area contributed by atoms with Crippen molar-refractivity contribution in [2.45, 2.75) is 20.0 Å². The van der Waals surface area contributed by atoms with Crippen LogP contribution in [0.3, 0.4) is 0 Å². The zero-order valence-electron chi connectivity index (χ0n) is 10.1. The van der Waals surface area contributed by atoms with Gasteiger partial charge in [-0.15, -0.1) is 0 Å². The molecule has 0 aliphatic carbocycles. The maximum atomic E-state index is 11.5. The number of rotatable bonds is 3. The van der Waals surface area contributed by atoms with Gasteiger partial charge in [0.1, 0.15) is 11.4 Å². The largest absolute Gasteiger partial charge is 0.479 e. The fraction of sp³-hybridized carbons (Fsp3) is 0.364. The molecule has 6 nitrogen and oxygen atoms in total. The first-order chi connectivity index (χ1) is 8.43. The average Bonchev–Trinajstić information content (AvgIpc) is 2.31. The molecule has 98 valence electrons. The Labute approximate surface area is 105 Å². The molecule has 7 heteroatoms. The Hall–Kier alpha value is -1.76. The Kier molecular flexibility index (Phi) is 3.16. The lowest BCUT2D eigenvalue weighted by Gasteiger charge is -2.25. The van der Waals surface area contributed by atoms with E-state index in [4.69, 9.17) is 4.74 Å². The maximum absolute atomic E-state index is 11.5. The van der Waals surface area contributed by atoms with Gasteiger partial charge in [0.2, 0.25) is 10.0 Å². The van der Waals surface area contributed by atoms with Crippen LogP contribution in [0.1, 0.15) is 13.8 Å². The molecule has 0 saturated carbocycles. The van der Waals surface area contributed by atoms with Gasteiger partial charge in [-0.25, -0.2) is 8.42 Å². The number of anilines is 2. The molecule has 1 heterocycles. The number of ether oxygens (including phenoxy) is 1. The molecule has 1 aliphatic heterocycles. The standard InChI is InChI=1S/C11H14N2O4S/c1-3-18(15,16)13-8-5-4-6-9-10(8)12-11(14)7(2)17-9/h4-7,13H,3H2,1-2H3,(H,12,14). The van der Waals surface area contributed by atoms with Crippen LogP contribution in [0.2, 0.25) is 0 Å². The first-order valence-corrected chi connectivity index (χ1v) is 7.19. The highest BCUT2D eigenvalue weighted by molar-refractivity contribution is 7.92. The van der Waals surface area contributed by atoms with E-state index in [1.165, 1.54) is 6.92 Å². The Bertz CT molecular complexity index is 583. The molecular weight excluding hydrogens is 256 g/mol. The number of sulfonamides is 1. The van der Waals surface area contributed by atoms with E-state index < -0.39 is 16.1 Å². The molecular formula is C11H14N2O4S. The topological polar surface area (TPSA) is 84.5 Å². The lowest BCUT2D eigenvalue weighted by atomic mass is 10.2. The Morgan fingerprint density at radius 2 is 2.17 bits per heavy atom. The van der Waals surface area contributed by atoms with Crippen LogP contribution in [0.15, 0.2) is 18.2 Å². The highest BCUT2D eigenvalue weighted by Crippen LogP contribution is 2.36. The van der Waals surface area contributed by atoms with E-state index >= 15 is 0 Å². The van der Waals surface area contributed by atoms with Crippen LogP contribution in [0.5, 0.6) is 5.75 Å². The van der Waals surface area contributed by atoms with E-state index in [2.05, 4.69) is 10.0 Å². The molecule has 0 spiro atoms. The molecule has 0 radical (unpaired) electrons. The molecule has 0 bridgehead atoms. The van der Waals surface area contributed by atoms with Crippen molar-refractivity contribution in [1.29, 1.82) is 0 Å². The minimum absolute atomic E-state index is 0.0398. The number of nitrogens with one attached hydrogen (secondary N) is 2. The lowest BCUT2D eigenvalue weighted by Crippen LogP contribution is -2.35. The van der Waals surface area contributed by atoms with Gasteiger partial charge in [-0.2, -0.15) is 0 Å². The van der Waals surface area contributed by atoms with Crippen LogP contribution >= 0.6 is 0 Å². The third-order valence-corrected chi connectivity index (χ3v) is 3.88. The first-order valence-electron chi connectivity index (χ1n) is 5.54. The second-order valence-corrected chi connectivity index (χ2v) is 5.94. The summed E-state index contributed by atoms with van der Waals surface area (Å²) in [5, 5.41) is 2.63. The van der Waals surface area contributed by atoms with E-state index in [0.29, 0.717) is 17.1 Å². The zero-order valence-corrected chi connectivity index (χ0v) is 10.9. The van der Waals surface area contributed by atoms with E-state index in [-0.39, 0.29) is 11.7 Å². The van der Waals surface area contributed by atoms with Crippen LogP contribution in [0.4, 0.5) is 11.4 Å². The SMILES string of the molecule is CCS(=O)(=O)Nc1cccc2c1NC(=O)C(C)O2. The summed E-state index contributed by atoms with van der Waals surface area (Å²) in [6.07, 6.45) is -0.587. The highest BCUT2D eigenvalue weighted by Gasteiger charge is 2.26. The van der Waals surface area contributed by atoms with E-state index in [0.717, 1.165) is 0 Å². The smallest absolute Gasteiger partial charge is 0.265 e. The van der Waals surface area contributed by atoms with Gasteiger partial charge in [0, 0.05) is 0 Å². The van der Waals surface area contributed by atoms with Crippen molar-refractivity contribution < 1.29 is 17.9 Å². The first kappa shape index (κ1) is 12.7. The molecule has 1 amide bonds. The second kappa shape index (κ2) is 4.49. The summed E-state index contributed by atoms with van der Waals surface area (Å²) in [6, 6.07) is 4.91. The Balaban J connectivity index is 2.40. The van der Waals surface area contributed by atoms with Crippen LogP contribution in [-0.4, -0.2) is 26.2 Å². The summed E-state index contributed by atoms with van der Waals surface area (Å²) in [5.74, 6) is 0.117. The van der Waals surface area contributed by atoms with Crippen molar-refractivity contribution in [2.24, 2.45) is 0 Å². The van der Waals surface area contributed by atoms with Crippen LogP contribution < -0.4 is 14.8 Å². The van der Waals surface area contributed by atoms with Crippen molar-refractivity contribution in [3.63, 3.8) is 0 Å². The van der Waals surface area contributed by atoms with Crippen LogP contribution in [-0.2, 0) is 14.8 Å². The van der Waals surface area contributed by atoms with Gasteiger partial charge in [-0.05, 0) is 26.0 Å². The number of carbonyl (C=O) groups excluding carboxylic acids is 1. The number of carbonyl (C=O) groups is 1. The molecule has 1 aromatic rings. The molecule has 1 atom stereocenters. The molecule has 1 aromatic carbocycles. The zero-order chi connectivity index (χ0) is 13.3. The van der Waals surface area contributed by atoms with Crippen molar-refractivity contribution >= 4 is 27.3 Å². The van der Waals surface area contributed by atoms with Gasteiger partial charge in [-0.1, -0.05) is 6.07 Å². The number of amides is 1. The predicted octanol–water partition coefficient (Wildman–Crippen LogP) is 1.17. The number of fused-ring (bicyclic) bond motifs is 1. The van der Waals surface area contributed by atoms with Crippen LogP contribution in [0, 0.1) is 0 Å². The minimum Gasteiger partial charge on any atom is -0.479 e. The van der Waals surface area contributed by atoms with Gasteiger partial charge in [0.05, 0.1) is 11.4 Å². The molecule has 1 unspecified atom stereocenters. The normalized spacial score (nSPS) is 18.6. The number of hydrogen-bond acceptors (Lipinski definition) is 4. The summed E-state index contributed by atoms with van der Waals surface area (Å²) >= 11 is 0. The van der Waals surface area contributed by atoms with Crippen molar-refractivity contribution in [3.8, 4) is 5.75 Å². The monoisotopic (exact) mass is 270 g/mol. The molecule has 0 fully saturated rings. The number of benzene rings is 1. The maximum Gasteiger partial charge on any atom is 0.265 e. The van der Waals surface area contributed by atoms with Crippen LogP contribution in [0.25, 0.3) is 0 Å². The molecule has 0 aromatic heterocycles. The highest BCUT2D eigenvalue weighted by atomic mass is 32.2. The predicted molar refractivity (Wildman–Crippen MR) is 68.2 cm³/mol. The fourth-order valence-electron chi connectivity index (χ4n) is 1.55. The summed E-state index contributed by atoms with van der Waals surface area (Å²) in [5.41, 5.74) is 0.673. The van der Waals surface area contributed by atoms with E-state index in [9.17, 15) is 13.2 Å². The summed E-state index contributed by atoms with van der Waals surface area (Å²) in [4.78, 5) is 11.5. The molecule has 18 heavy (non-hydrogen) atoms. The van der Waals surface area contributed by atoms with Crippen molar-refractivity contribution in [1.82, 2.24) is 0 Å². The number of hydrogen-bond donors (Lipinski definition) is 2. The summed E-state index contributed by atoms with van der Waals surface area (Å²) in [7, 11) is -3.39. The Morgan fingerprint density at radius 1 is 1.44 bits per heavy atom. The third kappa shape index (κ3) is 2.40. The van der Waals surface area contributed by atoms with Gasteiger partial charge in [-0.3, -0.25) is 9.52 Å². The quantitative estimate of drug-likeness (QED) is 0.863. The lowest BCUT2D eigenvalue weighted by molar-refractivity contribution is -0.122. The summed E-state index contributed by atoms with van der Waals surface area (Å²) < 4.78 is 30.9. The summed E-state index contributed by atoms with van der Waals surface area (Å²) in [6.45, 7) is 3.16. The van der Waals surface area contributed by atoms with E-state index in [1.54, 1.807) is 25.1 Å². The third-order valence-electron chi connectivity index (χ3n) is 2.59. The fourth-order valence-corrected chi connectivity index (χ4v) is 2.20. The van der Waals surface area contributed by atoms with Gasteiger partial charge in [0.15, 0.2) is 6.10 Å². The second-order valence-electron chi connectivity index (χ2n) is 3.93. The van der Waals surface area contributed by atoms with Gasteiger partial charge >= 0.3 is 0 Å². The average molecular weight is 270 g/mol. The van der Waals surface area contributed by atoms with Gasteiger partial charge < -0.3 is 10.1 Å². The molecule has 1 aliphatic rings. The van der Waals surface area contributed by atoms with E-state index in [1.807, 2.05) is 0 Å². The molecule has 0 saturated heterocycles. The van der Waals surface area contributed by atoms with Crippen molar-refractivity contribution in [3.05, 3.63) is 18.2 Å². The molecule has 2 N–H and O–H groups in total. The Morgan fingerprint density at radius 3 is 2.83 bits per heavy atom. The van der Waals surface area contributed by atoms with Gasteiger partial charge in [0.25, 0.3) is 5.91 Å².